The van der Waals surface area contributed by atoms with E-state index in [0.717, 1.165) is 17.4 Å². The molecule has 0 radical (unpaired) electrons. The molecule has 0 aliphatic heterocycles. The van der Waals surface area contributed by atoms with Gasteiger partial charge in [-0.25, -0.2) is 4.98 Å². The van der Waals surface area contributed by atoms with Gasteiger partial charge in [-0.3, -0.25) is 4.79 Å². The van der Waals surface area contributed by atoms with Crippen molar-refractivity contribution in [3.05, 3.63) is 46.5 Å². The van der Waals surface area contributed by atoms with Crippen molar-refractivity contribution < 1.29 is 9.21 Å². The van der Waals surface area contributed by atoms with Crippen LogP contribution in [0.3, 0.4) is 0 Å². The van der Waals surface area contributed by atoms with Crippen LogP contribution in [0.2, 0.25) is 0 Å². The van der Waals surface area contributed by atoms with Gasteiger partial charge >= 0.3 is 0 Å². The lowest BCUT2D eigenvalue weighted by atomic mass is 10.2. The number of rotatable bonds is 6. The van der Waals surface area contributed by atoms with Crippen molar-refractivity contribution >= 4 is 27.7 Å². The molecule has 6 heteroatoms. The lowest BCUT2D eigenvalue weighted by molar-refractivity contribution is 0.0948. The Balaban J connectivity index is 2.08. The molecule has 106 valence electrons. The van der Waals surface area contributed by atoms with Gasteiger partial charge in [-0.2, -0.15) is 0 Å². The second-order valence-corrected chi connectivity index (χ2v) is 5.15. The summed E-state index contributed by atoms with van der Waals surface area (Å²) in [7, 11) is 0. The summed E-state index contributed by atoms with van der Waals surface area (Å²) >= 11 is 3.33. The summed E-state index contributed by atoms with van der Waals surface area (Å²) in [6, 6.07) is 5.36. The predicted octanol–water partition coefficient (Wildman–Crippen LogP) is 3.19. The Kier molecular flexibility index (Phi) is 5.17. The van der Waals surface area contributed by atoms with Gasteiger partial charge in [-0.05, 0) is 40.5 Å². The van der Waals surface area contributed by atoms with Crippen molar-refractivity contribution in [2.45, 2.75) is 19.9 Å². The second-order valence-electron chi connectivity index (χ2n) is 4.24. The van der Waals surface area contributed by atoms with Crippen LogP contribution in [-0.4, -0.2) is 17.4 Å². The summed E-state index contributed by atoms with van der Waals surface area (Å²) < 4.78 is 5.95. The van der Waals surface area contributed by atoms with E-state index in [0.29, 0.717) is 23.7 Å². The Bertz CT molecular complexity index is 570. The Morgan fingerprint density at radius 3 is 3.05 bits per heavy atom. The van der Waals surface area contributed by atoms with Gasteiger partial charge in [0.1, 0.15) is 11.6 Å². The zero-order valence-corrected chi connectivity index (χ0v) is 12.7. The first-order chi connectivity index (χ1) is 9.70. The van der Waals surface area contributed by atoms with E-state index in [9.17, 15) is 4.79 Å². The van der Waals surface area contributed by atoms with Crippen molar-refractivity contribution in [3.8, 4) is 0 Å². The van der Waals surface area contributed by atoms with Gasteiger partial charge in [0.15, 0.2) is 0 Å². The number of carbonyl (C=O) groups excluding carboxylic acids is 1. The van der Waals surface area contributed by atoms with Gasteiger partial charge in [0, 0.05) is 17.2 Å². The number of furan rings is 1. The first-order valence-corrected chi connectivity index (χ1v) is 7.20. The zero-order valence-electron chi connectivity index (χ0n) is 11.1. The van der Waals surface area contributed by atoms with E-state index in [-0.39, 0.29) is 5.91 Å². The average molecular weight is 338 g/mol. The van der Waals surface area contributed by atoms with E-state index >= 15 is 0 Å². The quantitative estimate of drug-likeness (QED) is 0.849. The van der Waals surface area contributed by atoms with Crippen LogP contribution in [-0.2, 0) is 6.54 Å². The molecule has 0 fully saturated rings. The van der Waals surface area contributed by atoms with E-state index in [1.165, 1.54) is 0 Å². The number of pyridine rings is 1. The maximum absolute atomic E-state index is 12.2. The largest absolute Gasteiger partial charge is 0.467 e. The van der Waals surface area contributed by atoms with Gasteiger partial charge in [-0.1, -0.05) is 6.92 Å². The molecule has 0 atom stereocenters. The van der Waals surface area contributed by atoms with Gasteiger partial charge in [-0.15, -0.1) is 0 Å². The summed E-state index contributed by atoms with van der Waals surface area (Å²) in [5.74, 6) is 1.12. The monoisotopic (exact) mass is 337 g/mol. The molecule has 1 amide bonds. The summed E-state index contributed by atoms with van der Waals surface area (Å²) in [6.45, 7) is 3.18. The molecule has 2 N–H and O–H groups in total. The fourth-order valence-electron chi connectivity index (χ4n) is 1.67. The number of hydrogen-bond acceptors (Lipinski definition) is 4. The number of nitrogens with one attached hydrogen (secondary N) is 2. The standard InChI is InChI=1S/C14H16BrN3O2/c1-2-5-16-13-12(7-10(15)8-17-13)14(19)18-9-11-4-3-6-20-11/h3-4,6-8H,2,5,9H2,1H3,(H,16,17)(H,18,19). The minimum absolute atomic E-state index is 0.186. The van der Waals surface area contributed by atoms with E-state index in [1.54, 1.807) is 24.6 Å². The molecule has 0 saturated carbocycles. The molecule has 0 spiro atoms. The average Bonchev–Trinajstić information content (AvgIpc) is 2.96. The molecule has 5 nitrogen and oxygen atoms in total. The van der Waals surface area contributed by atoms with Crippen LogP contribution in [0.1, 0.15) is 29.5 Å². The minimum Gasteiger partial charge on any atom is -0.467 e. The third-order valence-electron chi connectivity index (χ3n) is 2.64. The molecule has 20 heavy (non-hydrogen) atoms. The number of anilines is 1. The highest BCUT2D eigenvalue weighted by atomic mass is 79.9. The molecule has 2 rings (SSSR count). The molecular weight excluding hydrogens is 322 g/mol. The van der Waals surface area contributed by atoms with Crippen LogP contribution >= 0.6 is 15.9 Å². The number of amides is 1. The van der Waals surface area contributed by atoms with E-state index in [2.05, 4.69) is 38.5 Å². The molecule has 0 aliphatic rings. The summed E-state index contributed by atoms with van der Waals surface area (Å²) in [4.78, 5) is 16.5. The zero-order chi connectivity index (χ0) is 14.4. The molecule has 2 heterocycles. The minimum atomic E-state index is -0.186. The van der Waals surface area contributed by atoms with Crippen LogP contribution in [0.25, 0.3) is 0 Å². The summed E-state index contributed by atoms with van der Waals surface area (Å²) in [5, 5.41) is 5.96. The van der Waals surface area contributed by atoms with Crippen molar-refractivity contribution in [3.63, 3.8) is 0 Å². The van der Waals surface area contributed by atoms with E-state index in [1.807, 2.05) is 6.07 Å². The third-order valence-corrected chi connectivity index (χ3v) is 3.08. The van der Waals surface area contributed by atoms with E-state index in [4.69, 9.17) is 4.42 Å². The molecule has 2 aromatic heterocycles. The second kappa shape index (κ2) is 7.09. The van der Waals surface area contributed by atoms with Gasteiger partial charge in [0.2, 0.25) is 0 Å². The molecule has 2 aromatic rings. The third kappa shape index (κ3) is 3.84. The van der Waals surface area contributed by atoms with Crippen molar-refractivity contribution in [1.29, 1.82) is 0 Å². The molecule has 0 bridgehead atoms. The smallest absolute Gasteiger partial charge is 0.255 e. The Morgan fingerprint density at radius 2 is 2.35 bits per heavy atom. The number of carbonyl (C=O) groups is 1. The van der Waals surface area contributed by atoms with Crippen LogP contribution in [0, 0.1) is 0 Å². The lowest BCUT2D eigenvalue weighted by Gasteiger charge is -2.10. The number of hydrogen-bond donors (Lipinski definition) is 2. The molecule has 0 unspecified atom stereocenters. The Hall–Kier alpha value is -1.82. The molecular formula is C14H16BrN3O2. The number of halogens is 1. The Morgan fingerprint density at radius 1 is 1.50 bits per heavy atom. The van der Waals surface area contributed by atoms with Crippen molar-refractivity contribution in [1.82, 2.24) is 10.3 Å². The highest BCUT2D eigenvalue weighted by Gasteiger charge is 2.13. The summed E-state index contributed by atoms with van der Waals surface area (Å²) in [6.07, 6.45) is 4.21. The maximum atomic E-state index is 12.2. The first-order valence-electron chi connectivity index (χ1n) is 6.40. The number of nitrogens with zero attached hydrogens (tertiary/aromatic N) is 1. The van der Waals surface area contributed by atoms with Gasteiger partial charge in [0.05, 0.1) is 18.4 Å². The van der Waals surface area contributed by atoms with Crippen molar-refractivity contribution in [2.75, 3.05) is 11.9 Å². The van der Waals surface area contributed by atoms with E-state index < -0.39 is 0 Å². The van der Waals surface area contributed by atoms with Crippen LogP contribution in [0.4, 0.5) is 5.82 Å². The molecule has 0 saturated heterocycles. The SMILES string of the molecule is CCCNc1ncc(Br)cc1C(=O)NCc1ccco1. The normalized spacial score (nSPS) is 10.3. The highest BCUT2D eigenvalue weighted by Crippen LogP contribution is 2.18. The maximum Gasteiger partial charge on any atom is 0.255 e. The topological polar surface area (TPSA) is 67.2 Å². The molecule has 0 aromatic carbocycles. The highest BCUT2D eigenvalue weighted by molar-refractivity contribution is 9.10. The van der Waals surface area contributed by atoms with Gasteiger partial charge in [0.25, 0.3) is 5.91 Å². The fraction of sp³-hybridized carbons (Fsp3) is 0.286. The lowest BCUT2D eigenvalue weighted by Crippen LogP contribution is -2.24. The first kappa shape index (κ1) is 14.6. The van der Waals surface area contributed by atoms with Crippen LogP contribution in [0.15, 0.2) is 39.5 Å². The Labute approximate surface area is 125 Å². The van der Waals surface area contributed by atoms with Crippen molar-refractivity contribution in [2.24, 2.45) is 0 Å². The summed E-state index contributed by atoms with van der Waals surface area (Å²) in [5.41, 5.74) is 0.513. The molecule has 0 aliphatic carbocycles. The predicted molar refractivity (Wildman–Crippen MR) is 80.6 cm³/mol. The number of aromatic nitrogens is 1. The fourth-order valence-corrected chi connectivity index (χ4v) is 2.00. The van der Waals surface area contributed by atoms with Gasteiger partial charge < -0.3 is 15.1 Å². The van der Waals surface area contributed by atoms with Crippen LogP contribution < -0.4 is 10.6 Å². The van der Waals surface area contributed by atoms with Crippen LogP contribution in [0.5, 0.6) is 0 Å².